The molecule has 6 aliphatic rings. The molecule has 0 fully saturated rings. The topological polar surface area (TPSA) is 9.23 Å². The van der Waals surface area contributed by atoms with Crippen molar-refractivity contribution in [1.29, 1.82) is 0 Å². The molecule has 0 bridgehead atoms. The highest BCUT2D eigenvalue weighted by atomic mass is 16.5. The number of fused-ring (bicyclic) bond motifs is 6. The van der Waals surface area contributed by atoms with E-state index in [4.69, 9.17) is 4.74 Å². The second kappa shape index (κ2) is 23.2. The number of hydrogen-bond acceptors (Lipinski definition) is 1. The molecular weight excluding hydrogens is 857 g/mol. The molecule has 0 aromatic heterocycles. The summed E-state index contributed by atoms with van der Waals surface area (Å²) >= 11 is 0. The molecule has 0 spiro atoms. The maximum atomic E-state index is 5.82. The molecule has 1 unspecified atom stereocenters. The summed E-state index contributed by atoms with van der Waals surface area (Å²) in [6.45, 7) is 30.5. The Morgan fingerprint density at radius 2 is 1.38 bits per heavy atom. The first kappa shape index (κ1) is 52.4. The van der Waals surface area contributed by atoms with Gasteiger partial charge in [0, 0.05) is 22.0 Å². The van der Waals surface area contributed by atoms with E-state index in [1.165, 1.54) is 104 Å². The molecule has 1 heteroatoms. The van der Waals surface area contributed by atoms with Crippen LogP contribution in [0.2, 0.25) is 0 Å². The summed E-state index contributed by atoms with van der Waals surface area (Å²) in [5.74, 6) is 1.52. The molecule has 366 valence electrons. The lowest BCUT2D eigenvalue weighted by Gasteiger charge is -2.26. The lowest BCUT2D eigenvalue weighted by Crippen LogP contribution is -2.17. The van der Waals surface area contributed by atoms with Crippen molar-refractivity contribution in [2.45, 2.75) is 139 Å². The van der Waals surface area contributed by atoms with Crippen molar-refractivity contribution < 1.29 is 4.74 Å². The average Bonchev–Trinajstić information content (AvgIpc) is 3.75. The molecule has 0 saturated carbocycles. The van der Waals surface area contributed by atoms with Crippen LogP contribution in [0.25, 0.3) is 33.4 Å². The van der Waals surface area contributed by atoms with Crippen LogP contribution < -0.4 is 4.74 Å². The van der Waals surface area contributed by atoms with Crippen LogP contribution in [0.3, 0.4) is 0 Å². The van der Waals surface area contributed by atoms with Gasteiger partial charge in [-0.15, -0.1) is 0 Å². The predicted octanol–water partition coefficient (Wildman–Crippen LogP) is 20.0. The molecule has 0 amide bonds. The fourth-order valence-electron chi connectivity index (χ4n) is 10.9. The van der Waals surface area contributed by atoms with E-state index in [1.54, 1.807) is 17.4 Å². The Morgan fingerprint density at radius 1 is 0.634 bits per heavy atom. The smallest absolute Gasteiger partial charge is 0.134 e. The van der Waals surface area contributed by atoms with Gasteiger partial charge in [0.1, 0.15) is 5.75 Å². The van der Waals surface area contributed by atoms with Crippen molar-refractivity contribution in [3.05, 3.63) is 243 Å². The van der Waals surface area contributed by atoms with Gasteiger partial charge in [-0.2, -0.15) is 0 Å². The first-order chi connectivity index (χ1) is 34.3. The number of ether oxygens (including phenoxy) is 1. The summed E-state index contributed by atoms with van der Waals surface area (Å²) in [4.78, 5) is 0. The first-order valence-corrected chi connectivity index (χ1v) is 26.8. The minimum absolute atomic E-state index is 0.0837. The highest BCUT2D eigenvalue weighted by Gasteiger charge is 2.40. The lowest BCUT2D eigenvalue weighted by atomic mass is 9.77. The number of aryl methyl sites for hydroxylation is 3. The van der Waals surface area contributed by atoms with Crippen LogP contribution in [0.4, 0.5) is 0 Å². The van der Waals surface area contributed by atoms with Crippen molar-refractivity contribution in [2.24, 2.45) is 5.92 Å². The molecule has 5 aromatic rings. The van der Waals surface area contributed by atoms with Gasteiger partial charge in [-0.3, -0.25) is 0 Å². The van der Waals surface area contributed by atoms with Gasteiger partial charge in [0.25, 0.3) is 0 Å². The van der Waals surface area contributed by atoms with Crippen LogP contribution >= 0.6 is 0 Å². The molecule has 11 rings (SSSR count). The van der Waals surface area contributed by atoms with Gasteiger partial charge in [0.05, 0.1) is 6.26 Å². The molecule has 5 aliphatic carbocycles. The Hall–Kier alpha value is -6.44. The molecule has 5 aromatic carbocycles. The summed E-state index contributed by atoms with van der Waals surface area (Å²) in [6.07, 6.45) is 28.7. The Bertz CT molecular complexity index is 2990. The molecule has 0 radical (unpaired) electrons. The standard InChI is InChI=1S/C28H28.C19H16O.C19H24.2C2H6/c1-19-8-7-11-21(16-19)22-13-15-26-25(17-22)24-14-12-23(18-27(24)28(26,2)3)20-9-5-4-6-10-20;1-14-7-10-16(11-8-14)17-12-9-15(2)18-5-3-4-6-19(18)20-13-17;1-5-6-14-8-9-15-16-11-13(2)7-10-17(16)19(3,4)18(15)12-14;2*1-2/h5,7-11,13,15-18H,4,6,12,14H2,1-3H3;3-13H,2H2,1H3;8-13H,5-7H2,1-4H3;2*1-2H3/b;12-9-,17-13+;;;. The summed E-state index contributed by atoms with van der Waals surface area (Å²) in [5.41, 5.74) is 26.2. The molecule has 1 aliphatic heterocycles. The summed E-state index contributed by atoms with van der Waals surface area (Å²) in [5, 5.41) is 0. The Labute approximate surface area is 429 Å². The minimum atomic E-state index is 0.0837. The van der Waals surface area contributed by atoms with E-state index in [2.05, 4.69) is 183 Å². The number of allylic oxidation sites excluding steroid dienone is 16. The van der Waals surface area contributed by atoms with E-state index in [0.29, 0.717) is 5.92 Å². The normalized spacial score (nSPS) is 19.4. The van der Waals surface area contributed by atoms with Crippen LogP contribution in [0, 0.1) is 19.8 Å². The van der Waals surface area contributed by atoms with Gasteiger partial charge in [-0.05, 0) is 154 Å². The van der Waals surface area contributed by atoms with Crippen molar-refractivity contribution >= 4 is 22.3 Å². The molecule has 0 N–H and O–H groups in total. The number of benzene rings is 5. The third-order valence-corrected chi connectivity index (χ3v) is 14.8. The van der Waals surface area contributed by atoms with Crippen LogP contribution in [-0.2, 0) is 17.3 Å². The zero-order valence-corrected chi connectivity index (χ0v) is 45.2. The second-order valence-electron chi connectivity index (χ2n) is 20.5. The van der Waals surface area contributed by atoms with Crippen LogP contribution in [0.5, 0.6) is 5.75 Å². The van der Waals surface area contributed by atoms with Gasteiger partial charge in [0.15, 0.2) is 0 Å². The Balaban J connectivity index is 0.000000155. The maximum absolute atomic E-state index is 5.82. The van der Waals surface area contributed by atoms with Crippen molar-refractivity contribution in [2.75, 3.05) is 0 Å². The number of hydrogen-bond donors (Lipinski definition) is 0. The van der Waals surface area contributed by atoms with Crippen molar-refractivity contribution in [3.63, 3.8) is 0 Å². The van der Waals surface area contributed by atoms with E-state index in [0.717, 1.165) is 40.9 Å². The number of para-hydroxylation sites is 1. The third kappa shape index (κ3) is 11.4. The van der Waals surface area contributed by atoms with Gasteiger partial charge in [-0.25, -0.2) is 0 Å². The van der Waals surface area contributed by atoms with Gasteiger partial charge in [0.2, 0.25) is 0 Å². The van der Waals surface area contributed by atoms with E-state index < -0.39 is 0 Å². The zero-order chi connectivity index (χ0) is 50.9. The van der Waals surface area contributed by atoms with E-state index >= 15 is 0 Å². The largest absolute Gasteiger partial charge is 0.464 e. The molecule has 0 saturated heterocycles. The summed E-state index contributed by atoms with van der Waals surface area (Å²) < 4.78 is 5.82. The van der Waals surface area contributed by atoms with Gasteiger partial charge < -0.3 is 4.74 Å². The number of rotatable bonds is 5. The van der Waals surface area contributed by atoms with Crippen molar-refractivity contribution in [1.82, 2.24) is 0 Å². The Kier molecular flexibility index (Phi) is 17.1. The van der Waals surface area contributed by atoms with Crippen LogP contribution in [0.15, 0.2) is 193 Å². The predicted molar refractivity (Wildman–Crippen MR) is 311 cm³/mol. The summed E-state index contributed by atoms with van der Waals surface area (Å²) in [6, 6.07) is 39.4. The molecule has 1 heterocycles. The molecular formula is C70H80O. The van der Waals surface area contributed by atoms with Gasteiger partial charge >= 0.3 is 0 Å². The lowest BCUT2D eigenvalue weighted by molar-refractivity contribution is 0.482. The fraction of sp³-hybridized carbons (Fsp3) is 0.314. The maximum Gasteiger partial charge on any atom is 0.134 e. The van der Waals surface area contributed by atoms with Gasteiger partial charge in [-0.1, -0.05) is 239 Å². The first-order valence-electron chi connectivity index (χ1n) is 26.8. The van der Waals surface area contributed by atoms with Crippen molar-refractivity contribution in [3.8, 4) is 16.9 Å². The quantitative estimate of drug-likeness (QED) is 0.171. The average molecular weight is 937 g/mol. The fourth-order valence-corrected chi connectivity index (χ4v) is 10.9. The molecule has 1 atom stereocenters. The molecule has 1 nitrogen and oxygen atoms in total. The third-order valence-electron chi connectivity index (χ3n) is 14.8. The highest BCUT2D eigenvalue weighted by Crippen LogP contribution is 2.54. The van der Waals surface area contributed by atoms with E-state index in [1.807, 2.05) is 64.1 Å². The SMILES string of the molecule is C=C1/C=C\C(c2ccc(C)cc2)=C/Oc2ccccc21.CC.CC.CCCc1ccc2c(c1)C(C)(C)C1=CCC(C)C=C12.Cc1cccc(-c2ccc3c(c2)C2=C(C=C(C4=CCCC=C4)CC2)C3(C)C)c1. The van der Waals surface area contributed by atoms with E-state index in [-0.39, 0.29) is 10.8 Å². The second-order valence-corrected chi connectivity index (χ2v) is 20.5. The summed E-state index contributed by atoms with van der Waals surface area (Å²) in [7, 11) is 0. The van der Waals surface area contributed by atoms with Crippen LogP contribution in [0.1, 0.15) is 158 Å². The van der Waals surface area contributed by atoms with E-state index in [9.17, 15) is 0 Å². The Morgan fingerprint density at radius 3 is 2.11 bits per heavy atom. The highest BCUT2D eigenvalue weighted by molar-refractivity contribution is 5.91. The van der Waals surface area contributed by atoms with Crippen LogP contribution in [-0.4, -0.2) is 0 Å². The minimum Gasteiger partial charge on any atom is -0.464 e. The zero-order valence-electron chi connectivity index (χ0n) is 45.2. The molecule has 71 heavy (non-hydrogen) atoms. The monoisotopic (exact) mass is 937 g/mol.